The number of carbonyl (C=O) groups is 5. The molecule has 0 unspecified atom stereocenters. The molecule has 0 aromatic heterocycles. The Labute approximate surface area is 710 Å². The van der Waals surface area contributed by atoms with Gasteiger partial charge in [0.1, 0.15) is 13.2 Å². The zero-order valence-corrected chi connectivity index (χ0v) is 67.6. The third-order valence-electron chi connectivity index (χ3n) is 35.3. The summed E-state index contributed by atoms with van der Waals surface area (Å²) in [6.07, 6.45) is 1.59. The van der Waals surface area contributed by atoms with Crippen molar-refractivity contribution in [3.8, 4) is 11.1 Å². The van der Waals surface area contributed by atoms with Crippen molar-refractivity contribution in [2.75, 3.05) is 97.4 Å². The molecule has 6 aliphatic carbocycles. The highest BCUT2D eigenvalue weighted by atomic mass is 16.6. The lowest BCUT2D eigenvalue weighted by Crippen LogP contribution is -2.31. The molecule has 38 rings (SSSR count). The van der Waals surface area contributed by atoms with Crippen LogP contribution in [-0.2, 0) is 73.3 Å². The molecular formula is C111H59NO15. The Hall–Kier alpha value is -13.6. The number of aliphatic carboxylic acids is 2. The predicted molar refractivity (Wildman–Crippen MR) is 499 cm³/mol. The number of fused-ring (bicyclic) bond motifs is 3. The van der Waals surface area contributed by atoms with Gasteiger partial charge in [0, 0.05) is 64.9 Å². The normalized spacial score (nSPS) is 18.5. The summed E-state index contributed by atoms with van der Waals surface area (Å²) in [5.41, 5.74) is 10.6. The molecule has 0 saturated heterocycles. The first-order valence-electron chi connectivity index (χ1n) is 45.4. The molecule has 1 fully saturated rings. The van der Waals surface area contributed by atoms with Gasteiger partial charge in [0.25, 0.3) is 0 Å². The summed E-state index contributed by atoms with van der Waals surface area (Å²) < 4.78 is 46.2. The summed E-state index contributed by atoms with van der Waals surface area (Å²) >= 11 is 0. The maximum absolute atomic E-state index is 18.9. The first-order valence-corrected chi connectivity index (χ1v) is 45.4. The zero-order valence-electron chi connectivity index (χ0n) is 67.6. The predicted octanol–water partition coefficient (Wildman–Crippen LogP) is 23.2. The average Bonchev–Trinajstić information content (AvgIpc) is 1.36. The molecule has 2 spiro atoms. The Bertz CT molecular complexity index is 9410. The number of ketones is 1. The number of anilines is 3. The van der Waals surface area contributed by atoms with E-state index < -0.39 is 47.3 Å². The van der Waals surface area contributed by atoms with Gasteiger partial charge in [-0.15, -0.1) is 0 Å². The molecule has 6 aliphatic rings. The van der Waals surface area contributed by atoms with E-state index in [1.165, 1.54) is 259 Å². The van der Waals surface area contributed by atoms with Crippen molar-refractivity contribution in [1.82, 2.24) is 0 Å². The van der Waals surface area contributed by atoms with Crippen LogP contribution in [0.5, 0.6) is 0 Å². The van der Waals surface area contributed by atoms with Crippen LogP contribution in [0.4, 0.5) is 17.1 Å². The minimum absolute atomic E-state index is 0.0109. The summed E-state index contributed by atoms with van der Waals surface area (Å²) in [5.74, 6) is -3.20. The SMILES string of the molecule is O=C(O)COCCOCCOCCCC(=O)OCCC1(CCOC(=O)CCCOCCOCCOCC(=O)O)c2cc(C(=O)C3C45c6c7c8c9c%10c%11c(c%12c%13c4c4c6c6c%14c7c7c8c8c%10c%10c%15c%11c%11c%12c%12c%13c%13c4c4c6c6c%14c%14c7c7c8c%10c8c%10c%15c%11c%11c%12c%12c%13c4c4c6c6c%14c7c8c7c%10c%11c%12c4c67)C935)ccc2-c2ccc(N(c3ccccc3)c3ccccc3)cc21. The highest BCUT2D eigenvalue weighted by molar-refractivity contribution is 6.82. The van der Waals surface area contributed by atoms with Crippen molar-refractivity contribution in [2.24, 2.45) is 5.92 Å². The smallest absolute Gasteiger partial charge is 0.329 e. The lowest BCUT2D eigenvalue weighted by molar-refractivity contribution is -0.145. The number of Topliss-reactive ketones (excluding diaryl/α,β-unsaturated/α-hetero) is 1. The molecule has 2 N–H and O–H groups in total. The second-order valence-corrected chi connectivity index (χ2v) is 39.2. The van der Waals surface area contributed by atoms with Crippen LogP contribution >= 0.6 is 0 Å². The van der Waals surface area contributed by atoms with E-state index in [-0.39, 0.29) is 96.6 Å². The number of carboxylic acid groups (broad SMARTS) is 2. The summed E-state index contributed by atoms with van der Waals surface area (Å²) in [6.45, 7) is 1.68. The monoisotopic (exact) mass is 1650 g/mol. The molecule has 0 heterocycles. The van der Waals surface area contributed by atoms with E-state index in [2.05, 4.69) is 89.8 Å². The summed E-state index contributed by atoms with van der Waals surface area (Å²) in [7, 11) is 0. The second kappa shape index (κ2) is 19.5. The number of benzene rings is 22. The number of para-hydroxylation sites is 2. The van der Waals surface area contributed by atoms with Gasteiger partial charge in [0.15, 0.2) is 5.78 Å². The van der Waals surface area contributed by atoms with Gasteiger partial charge in [-0.05, 0) is 404 Å². The third-order valence-corrected chi connectivity index (χ3v) is 35.3. The number of rotatable bonds is 35. The summed E-state index contributed by atoms with van der Waals surface area (Å²) in [6, 6.07) is 34.2. The van der Waals surface area contributed by atoms with Gasteiger partial charge < -0.3 is 53.0 Å². The molecule has 32 aromatic rings. The Balaban J connectivity index is 0.561. The fourth-order valence-electron chi connectivity index (χ4n) is 32.7. The van der Waals surface area contributed by atoms with Crippen LogP contribution < -0.4 is 4.90 Å². The van der Waals surface area contributed by atoms with E-state index >= 15 is 4.79 Å². The van der Waals surface area contributed by atoms with E-state index in [0.29, 0.717) is 44.5 Å². The van der Waals surface area contributed by atoms with Crippen molar-refractivity contribution >= 4 is 338 Å². The van der Waals surface area contributed by atoms with Crippen LogP contribution in [0.3, 0.4) is 0 Å². The van der Waals surface area contributed by atoms with E-state index in [0.717, 1.165) is 39.3 Å². The summed E-state index contributed by atoms with van der Waals surface area (Å²) in [5, 5.41) is 99.3. The second-order valence-electron chi connectivity index (χ2n) is 39.2. The molecule has 598 valence electrons. The Morgan fingerprint density at radius 3 is 0.827 bits per heavy atom. The fraction of sp³-hybridized carbons (Fsp3) is 0.216. The Morgan fingerprint density at radius 1 is 0.276 bits per heavy atom. The molecule has 0 bridgehead atoms. The third kappa shape index (κ3) is 5.73. The molecule has 0 atom stereocenters. The van der Waals surface area contributed by atoms with E-state index in [1.807, 2.05) is 12.1 Å². The Morgan fingerprint density at radius 2 is 0.535 bits per heavy atom. The number of esters is 2. The van der Waals surface area contributed by atoms with Gasteiger partial charge in [-0.2, -0.15) is 0 Å². The molecule has 16 heteroatoms. The number of hydrogen-bond acceptors (Lipinski definition) is 14. The van der Waals surface area contributed by atoms with Crippen LogP contribution in [0.15, 0.2) is 97.1 Å². The van der Waals surface area contributed by atoms with Crippen molar-refractivity contribution in [2.45, 2.75) is 54.8 Å². The van der Waals surface area contributed by atoms with Crippen molar-refractivity contribution in [3.05, 3.63) is 136 Å². The molecule has 0 aliphatic heterocycles. The lowest BCUT2D eigenvalue weighted by atomic mass is 9.68. The quantitative estimate of drug-likeness (QED) is 0.0164. The van der Waals surface area contributed by atoms with Gasteiger partial charge in [-0.1, -0.05) is 54.6 Å². The maximum atomic E-state index is 18.9. The van der Waals surface area contributed by atoms with Crippen molar-refractivity contribution in [1.29, 1.82) is 0 Å². The lowest BCUT2D eigenvalue weighted by Gasteiger charge is -2.33. The van der Waals surface area contributed by atoms with E-state index in [4.69, 9.17) is 48.1 Å². The molecule has 1 saturated carbocycles. The first-order chi connectivity index (χ1) is 62.7. The van der Waals surface area contributed by atoms with Crippen LogP contribution in [0.1, 0.15) is 82.3 Å². The van der Waals surface area contributed by atoms with E-state index in [9.17, 15) is 19.2 Å². The maximum Gasteiger partial charge on any atom is 0.329 e. The van der Waals surface area contributed by atoms with Gasteiger partial charge in [0.2, 0.25) is 0 Å². The van der Waals surface area contributed by atoms with Crippen LogP contribution in [0.2, 0.25) is 0 Å². The highest BCUT2D eigenvalue weighted by Crippen LogP contribution is 2.93. The number of carbonyl (C=O) groups excluding carboxylic acids is 3. The number of nitrogens with zero attached hydrogens (tertiary/aromatic N) is 1. The minimum Gasteiger partial charge on any atom is -0.480 e. The summed E-state index contributed by atoms with van der Waals surface area (Å²) in [4.78, 5) is 71.9. The van der Waals surface area contributed by atoms with Crippen LogP contribution in [-0.4, -0.2) is 132 Å². The fourth-order valence-corrected chi connectivity index (χ4v) is 32.7. The van der Waals surface area contributed by atoms with Crippen LogP contribution in [0.25, 0.3) is 302 Å². The number of carboxylic acids is 2. The topological polar surface area (TPSA) is 203 Å². The average molecular weight is 1650 g/mol. The van der Waals surface area contributed by atoms with Crippen molar-refractivity contribution < 1.29 is 72.1 Å². The van der Waals surface area contributed by atoms with Crippen LogP contribution in [0, 0.1) is 5.92 Å². The molecule has 16 nitrogen and oxygen atoms in total. The molecule has 0 radical (unpaired) electrons. The van der Waals surface area contributed by atoms with Crippen molar-refractivity contribution in [3.63, 3.8) is 0 Å². The molecule has 0 amide bonds. The van der Waals surface area contributed by atoms with Gasteiger partial charge >= 0.3 is 23.9 Å². The largest absolute Gasteiger partial charge is 0.480 e. The van der Waals surface area contributed by atoms with E-state index in [1.54, 1.807) is 53.9 Å². The number of ether oxygens (including phenoxy) is 8. The molecular weight excluding hydrogens is 1590 g/mol. The van der Waals surface area contributed by atoms with Gasteiger partial charge in [-0.3, -0.25) is 14.4 Å². The van der Waals surface area contributed by atoms with Gasteiger partial charge in [-0.25, -0.2) is 9.59 Å². The molecule has 32 aromatic carbocycles. The number of hydrogen-bond donors (Lipinski definition) is 2. The van der Waals surface area contributed by atoms with Gasteiger partial charge in [0.05, 0.1) is 72.0 Å². The molecule has 127 heavy (non-hydrogen) atoms. The highest BCUT2D eigenvalue weighted by Gasteiger charge is 2.88. The Kier molecular flexibility index (Phi) is 9.88. The zero-order chi connectivity index (χ0) is 81.8. The standard InChI is InChI=1S/C111H59NO15/c113-45(114)35-124-31-29-122-27-25-120-21-7-13-47(117)126-23-19-109(20-24-127-48(118)14-8-22-121-26-28-123-30-32-125-36-46(115)116)43-33-37(15-17-41(43)42-18-16-40(34-44(42)109)112(38-9-3-1-4-10-38)39-11-5-2-6-12-39)107(119)108-110-103-95-87-77-67-59-51-49-50-53-57-55(51)63-71-65(57)75-69-61(53)62-54(50)58-56-52(49)60(59)68-74-64(56)72-66(58)76-70(62)80-79(69)89-83(75)93-85(71)91(81(87)73(63)67)99(103)101(93)105-97(89)98-90(80)84(76)94-86(72)92-82(74)88(78(68)77)96(95)104(110)100(92)102(94)106(98)111(105,108)110/h1-6,9-12,15-18,33-34,108H,7-8,13-14,19-32,35-36H2,(H,113,114)(H,115,116). The minimum atomic E-state index is -1.04. The first kappa shape index (κ1) is 64.2.